The SMILES string of the molecule is COc1ccc(N2C(=O)C(Cl)=C(Nc3ccc(C(=O)Nc4ccc(I)cc4)cc3)C2=O)cc1. The zero-order valence-corrected chi connectivity index (χ0v) is 20.2. The van der Waals surface area contributed by atoms with Gasteiger partial charge in [-0.1, -0.05) is 11.6 Å². The molecule has 0 aromatic heterocycles. The zero-order valence-electron chi connectivity index (χ0n) is 17.3. The molecule has 1 aliphatic heterocycles. The van der Waals surface area contributed by atoms with Crippen molar-refractivity contribution in [2.75, 3.05) is 22.6 Å². The highest BCUT2D eigenvalue weighted by atomic mass is 127. The topological polar surface area (TPSA) is 87.7 Å². The average molecular weight is 574 g/mol. The molecule has 0 bridgehead atoms. The summed E-state index contributed by atoms with van der Waals surface area (Å²) in [5, 5.41) is 5.50. The van der Waals surface area contributed by atoms with Gasteiger partial charge in [0.25, 0.3) is 17.7 Å². The van der Waals surface area contributed by atoms with E-state index >= 15 is 0 Å². The Morgan fingerprint density at radius 1 is 0.879 bits per heavy atom. The molecule has 3 aromatic carbocycles. The van der Waals surface area contributed by atoms with Crippen molar-refractivity contribution in [3.63, 3.8) is 0 Å². The first-order valence-corrected chi connectivity index (χ1v) is 11.2. The Kier molecular flexibility index (Phi) is 6.66. The molecule has 4 rings (SSSR count). The molecule has 3 amide bonds. The van der Waals surface area contributed by atoms with Gasteiger partial charge in [0.15, 0.2) is 0 Å². The maximum absolute atomic E-state index is 12.9. The summed E-state index contributed by atoms with van der Waals surface area (Å²) in [6.45, 7) is 0. The van der Waals surface area contributed by atoms with Crippen LogP contribution < -0.4 is 20.3 Å². The smallest absolute Gasteiger partial charge is 0.283 e. The number of methoxy groups -OCH3 is 1. The van der Waals surface area contributed by atoms with Gasteiger partial charge >= 0.3 is 0 Å². The Labute approximate surface area is 208 Å². The summed E-state index contributed by atoms with van der Waals surface area (Å²) in [6.07, 6.45) is 0. The van der Waals surface area contributed by atoms with E-state index in [1.54, 1.807) is 48.5 Å². The molecule has 1 aliphatic rings. The van der Waals surface area contributed by atoms with Crippen LogP contribution in [0.1, 0.15) is 10.4 Å². The van der Waals surface area contributed by atoms with Crippen LogP contribution in [0.15, 0.2) is 83.5 Å². The van der Waals surface area contributed by atoms with Crippen molar-refractivity contribution >= 4 is 69.0 Å². The van der Waals surface area contributed by atoms with E-state index in [4.69, 9.17) is 16.3 Å². The second kappa shape index (κ2) is 9.63. The number of nitrogens with zero attached hydrogens (tertiary/aromatic N) is 1. The zero-order chi connectivity index (χ0) is 23.5. The van der Waals surface area contributed by atoms with Crippen LogP contribution >= 0.6 is 34.2 Å². The lowest BCUT2D eigenvalue weighted by Crippen LogP contribution is -2.32. The molecule has 0 saturated heterocycles. The molecule has 9 heteroatoms. The third-order valence-corrected chi connectivity index (χ3v) is 5.95. The standard InChI is InChI=1S/C24H17ClIN3O4/c1-33-19-12-10-18(11-13-19)29-23(31)20(25)21(24(29)32)27-16-6-2-14(3-7-16)22(30)28-17-8-4-15(26)5-9-17/h2-13,27H,1H3,(H,28,30). The second-order valence-electron chi connectivity index (χ2n) is 7.00. The molecule has 0 atom stereocenters. The molecule has 0 radical (unpaired) electrons. The lowest BCUT2D eigenvalue weighted by Gasteiger charge is -2.15. The van der Waals surface area contributed by atoms with Gasteiger partial charge in [0.2, 0.25) is 0 Å². The van der Waals surface area contributed by atoms with Crippen LogP contribution in [0.5, 0.6) is 5.75 Å². The Balaban J connectivity index is 1.46. The highest BCUT2D eigenvalue weighted by Crippen LogP contribution is 2.31. The highest BCUT2D eigenvalue weighted by Gasteiger charge is 2.38. The first-order chi connectivity index (χ1) is 15.9. The molecule has 0 unspecified atom stereocenters. The van der Waals surface area contributed by atoms with Crippen molar-refractivity contribution in [3.05, 3.63) is 92.7 Å². The van der Waals surface area contributed by atoms with Gasteiger partial charge in [0.05, 0.1) is 12.8 Å². The van der Waals surface area contributed by atoms with Gasteiger partial charge in [-0.25, -0.2) is 4.90 Å². The van der Waals surface area contributed by atoms with Crippen LogP contribution in [0.4, 0.5) is 17.1 Å². The summed E-state index contributed by atoms with van der Waals surface area (Å²) in [5.74, 6) is -0.863. The molecule has 33 heavy (non-hydrogen) atoms. The minimum Gasteiger partial charge on any atom is -0.497 e. The largest absolute Gasteiger partial charge is 0.497 e. The number of halogens is 2. The number of benzene rings is 3. The lowest BCUT2D eigenvalue weighted by molar-refractivity contribution is -0.120. The van der Waals surface area contributed by atoms with Crippen molar-refractivity contribution in [3.8, 4) is 5.75 Å². The van der Waals surface area contributed by atoms with Crippen molar-refractivity contribution in [2.45, 2.75) is 0 Å². The third-order valence-electron chi connectivity index (χ3n) is 4.88. The van der Waals surface area contributed by atoms with Gasteiger partial charge in [-0.3, -0.25) is 14.4 Å². The summed E-state index contributed by atoms with van der Waals surface area (Å²) in [5.41, 5.74) is 1.98. The summed E-state index contributed by atoms with van der Waals surface area (Å²) in [4.78, 5) is 39.0. The van der Waals surface area contributed by atoms with Crippen molar-refractivity contribution in [1.29, 1.82) is 0 Å². The first-order valence-electron chi connectivity index (χ1n) is 9.74. The third kappa shape index (κ3) is 4.86. The predicted octanol–water partition coefficient (Wildman–Crippen LogP) is 4.99. The number of amides is 3. The molecule has 0 fully saturated rings. The number of rotatable bonds is 6. The molecule has 166 valence electrons. The van der Waals surface area contributed by atoms with E-state index in [0.717, 1.165) is 8.47 Å². The monoisotopic (exact) mass is 573 g/mol. The van der Waals surface area contributed by atoms with Crippen molar-refractivity contribution < 1.29 is 19.1 Å². The number of hydrogen-bond acceptors (Lipinski definition) is 5. The molecular formula is C24H17ClIN3O4. The van der Waals surface area contributed by atoms with Gasteiger partial charge in [0.1, 0.15) is 16.5 Å². The number of hydrogen-bond donors (Lipinski definition) is 2. The fraction of sp³-hybridized carbons (Fsp3) is 0.0417. The maximum atomic E-state index is 12.9. The Bertz CT molecular complexity index is 1260. The Morgan fingerprint density at radius 3 is 2.09 bits per heavy atom. The van der Waals surface area contributed by atoms with E-state index in [1.807, 2.05) is 24.3 Å². The van der Waals surface area contributed by atoms with Gasteiger partial charge in [-0.15, -0.1) is 0 Å². The van der Waals surface area contributed by atoms with Crippen molar-refractivity contribution in [2.24, 2.45) is 0 Å². The van der Waals surface area contributed by atoms with Crippen LogP contribution in [-0.4, -0.2) is 24.8 Å². The van der Waals surface area contributed by atoms with E-state index in [1.165, 1.54) is 7.11 Å². The fourth-order valence-corrected chi connectivity index (χ4v) is 3.74. The number of carbonyl (C=O) groups is 3. The van der Waals surface area contributed by atoms with Crippen LogP contribution in [0.2, 0.25) is 0 Å². The van der Waals surface area contributed by atoms with E-state index in [0.29, 0.717) is 28.4 Å². The van der Waals surface area contributed by atoms with E-state index < -0.39 is 11.8 Å². The minimum absolute atomic E-state index is 0.0337. The molecule has 2 N–H and O–H groups in total. The van der Waals surface area contributed by atoms with Crippen LogP contribution in [0.3, 0.4) is 0 Å². The first kappa shape index (κ1) is 22.8. The molecule has 0 spiro atoms. The van der Waals surface area contributed by atoms with Crippen molar-refractivity contribution in [1.82, 2.24) is 0 Å². The molecular weight excluding hydrogens is 557 g/mol. The second-order valence-corrected chi connectivity index (χ2v) is 8.62. The fourth-order valence-electron chi connectivity index (χ4n) is 3.16. The Morgan fingerprint density at radius 2 is 1.48 bits per heavy atom. The number of nitrogens with one attached hydrogen (secondary N) is 2. The van der Waals surface area contributed by atoms with E-state index in [2.05, 4.69) is 33.2 Å². The molecule has 1 heterocycles. The molecule has 7 nitrogen and oxygen atoms in total. The molecule has 0 saturated carbocycles. The van der Waals surface area contributed by atoms with E-state index in [-0.39, 0.29) is 16.6 Å². The summed E-state index contributed by atoms with van der Waals surface area (Å²) in [7, 11) is 1.53. The number of carbonyl (C=O) groups excluding carboxylic acids is 3. The number of ether oxygens (including phenoxy) is 1. The normalized spacial score (nSPS) is 13.4. The van der Waals surface area contributed by atoms with Crippen LogP contribution in [-0.2, 0) is 9.59 Å². The number of anilines is 3. The van der Waals surface area contributed by atoms with Gasteiger partial charge in [-0.2, -0.15) is 0 Å². The van der Waals surface area contributed by atoms with Gasteiger partial charge in [0, 0.05) is 20.5 Å². The Hall–Kier alpha value is -3.37. The molecule has 0 aliphatic carbocycles. The van der Waals surface area contributed by atoms with Crippen LogP contribution in [0, 0.1) is 3.57 Å². The minimum atomic E-state index is -0.622. The predicted molar refractivity (Wildman–Crippen MR) is 136 cm³/mol. The quantitative estimate of drug-likeness (QED) is 0.321. The van der Waals surface area contributed by atoms with E-state index in [9.17, 15) is 14.4 Å². The molecule has 3 aromatic rings. The highest BCUT2D eigenvalue weighted by molar-refractivity contribution is 14.1. The van der Waals surface area contributed by atoms with Gasteiger partial charge in [-0.05, 0) is 95.4 Å². The summed E-state index contributed by atoms with van der Waals surface area (Å²) >= 11 is 8.37. The average Bonchev–Trinajstić information content (AvgIpc) is 3.04. The maximum Gasteiger partial charge on any atom is 0.283 e. The van der Waals surface area contributed by atoms with Crippen LogP contribution in [0.25, 0.3) is 0 Å². The lowest BCUT2D eigenvalue weighted by atomic mass is 10.2. The summed E-state index contributed by atoms with van der Waals surface area (Å²) in [6, 6.07) is 20.4. The van der Waals surface area contributed by atoms with Gasteiger partial charge < -0.3 is 15.4 Å². The number of imide groups is 1. The summed E-state index contributed by atoms with van der Waals surface area (Å²) < 4.78 is 6.17.